The quantitative estimate of drug-likeness (QED) is 0.757. The molecule has 0 radical (unpaired) electrons. The number of carboxylic acid groups (broad SMARTS) is 1. The highest BCUT2D eigenvalue weighted by Gasteiger charge is 2.24. The van der Waals surface area contributed by atoms with Crippen LogP contribution in [-0.2, 0) is 14.8 Å². The molecule has 118 valence electrons. The second kappa shape index (κ2) is 6.87. The van der Waals surface area contributed by atoms with Crippen LogP contribution in [0.15, 0.2) is 27.6 Å². The van der Waals surface area contributed by atoms with Crippen molar-refractivity contribution in [2.75, 3.05) is 13.2 Å². The van der Waals surface area contributed by atoms with Crippen molar-refractivity contribution < 1.29 is 23.1 Å². The molecule has 0 saturated heterocycles. The van der Waals surface area contributed by atoms with E-state index in [2.05, 4.69) is 20.7 Å². The summed E-state index contributed by atoms with van der Waals surface area (Å²) in [5.41, 5.74) is -0.749. The third-order valence-electron chi connectivity index (χ3n) is 2.69. The molecule has 6 nitrogen and oxygen atoms in total. The van der Waals surface area contributed by atoms with Gasteiger partial charge in [-0.2, -0.15) is 0 Å². The molecular formula is C13H18BrNO5S. The topological polar surface area (TPSA) is 92.7 Å². The zero-order valence-corrected chi connectivity index (χ0v) is 14.4. The molecule has 0 aromatic heterocycles. The highest BCUT2D eigenvalue weighted by Crippen LogP contribution is 2.23. The highest BCUT2D eigenvalue weighted by molar-refractivity contribution is 9.10. The first-order chi connectivity index (χ1) is 9.59. The molecule has 0 atom stereocenters. The molecule has 0 saturated carbocycles. The van der Waals surface area contributed by atoms with Crippen LogP contribution in [0.3, 0.4) is 0 Å². The van der Waals surface area contributed by atoms with Gasteiger partial charge < -0.3 is 9.84 Å². The monoisotopic (exact) mass is 379 g/mol. The summed E-state index contributed by atoms with van der Waals surface area (Å²) in [6.45, 7) is 5.90. The van der Waals surface area contributed by atoms with Gasteiger partial charge in [0.05, 0.1) is 16.1 Å². The number of sulfonamides is 1. The number of rotatable bonds is 7. The minimum Gasteiger partial charge on any atom is -0.478 e. The van der Waals surface area contributed by atoms with Gasteiger partial charge in [-0.15, -0.1) is 0 Å². The van der Waals surface area contributed by atoms with Crippen LogP contribution in [0.4, 0.5) is 0 Å². The van der Waals surface area contributed by atoms with Gasteiger partial charge in [-0.25, -0.2) is 17.9 Å². The second-order valence-corrected chi connectivity index (χ2v) is 7.56. The fourth-order valence-electron chi connectivity index (χ4n) is 1.63. The summed E-state index contributed by atoms with van der Waals surface area (Å²) in [6, 6.07) is 3.84. The Labute approximate surface area is 132 Å². The molecule has 1 aromatic carbocycles. The van der Waals surface area contributed by atoms with E-state index in [1.165, 1.54) is 12.1 Å². The van der Waals surface area contributed by atoms with E-state index in [1.807, 2.05) is 6.92 Å². The van der Waals surface area contributed by atoms with Crippen LogP contribution in [-0.4, -0.2) is 38.2 Å². The predicted molar refractivity (Wildman–Crippen MR) is 82.0 cm³/mol. The summed E-state index contributed by atoms with van der Waals surface area (Å²) < 4.78 is 32.7. The molecule has 0 fully saturated rings. The summed E-state index contributed by atoms with van der Waals surface area (Å²) in [4.78, 5) is 10.8. The summed E-state index contributed by atoms with van der Waals surface area (Å²) in [7, 11) is -3.84. The third-order valence-corrected chi connectivity index (χ3v) is 5.09. The lowest BCUT2D eigenvalue weighted by Crippen LogP contribution is -2.40. The molecule has 2 N–H and O–H groups in total. The van der Waals surface area contributed by atoms with Crippen molar-refractivity contribution in [3.05, 3.63) is 28.2 Å². The summed E-state index contributed by atoms with van der Waals surface area (Å²) in [5, 5.41) is 8.94. The van der Waals surface area contributed by atoms with Crippen LogP contribution >= 0.6 is 15.9 Å². The Morgan fingerprint density at radius 2 is 2.05 bits per heavy atom. The highest BCUT2D eigenvalue weighted by atomic mass is 79.9. The smallest absolute Gasteiger partial charge is 0.335 e. The van der Waals surface area contributed by atoms with E-state index in [1.54, 1.807) is 13.8 Å². The lowest BCUT2D eigenvalue weighted by atomic mass is 10.1. The van der Waals surface area contributed by atoms with E-state index in [9.17, 15) is 13.2 Å². The number of hydrogen-bond donors (Lipinski definition) is 2. The zero-order chi connectivity index (χ0) is 16.3. The minimum absolute atomic E-state index is 0.0763. The largest absolute Gasteiger partial charge is 0.478 e. The van der Waals surface area contributed by atoms with Gasteiger partial charge in [0.2, 0.25) is 10.0 Å². The van der Waals surface area contributed by atoms with E-state index in [0.29, 0.717) is 11.1 Å². The lowest BCUT2D eigenvalue weighted by Gasteiger charge is -2.25. The molecule has 0 amide bonds. The lowest BCUT2D eigenvalue weighted by molar-refractivity contribution is -0.00515. The third kappa shape index (κ3) is 5.06. The van der Waals surface area contributed by atoms with Crippen LogP contribution in [0.25, 0.3) is 0 Å². The molecule has 0 aliphatic heterocycles. The van der Waals surface area contributed by atoms with Crippen molar-refractivity contribution in [2.45, 2.75) is 31.3 Å². The van der Waals surface area contributed by atoms with Gasteiger partial charge in [-0.1, -0.05) is 0 Å². The molecule has 0 unspecified atom stereocenters. The van der Waals surface area contributed by atoms with E-state index in [0.717, 1.165) is 6.07 Å². The number of ether oxygens (including phenoxy) is 1. The fraction of sp³-hybridized carbons (Fsp3) is 0.462. The Hall–Kier alpha value is -0.960. The number of aromatic carboxylic acids is 1. The average molecular weight is 380 g/mol. The van der Waals surface area contributed by atoms with Gasteiger partial charge in [0.1, 0.15) is 0 Å². The SMILES string of the molecule is CCOC(C)(C)CNS(=O)(=O)c1cc(C(=O)O)ccc1Br. The van der Waals surface area contributed by atoms with E-state index in [4.69, 9.17) is 9.84 Å². The van der Waals surface area contributed by atoms with Crippen LogP contribution in [0, 0.1) is 0 Å². The standard InChI is InChI=1S/C13H18BrNO5S/c1-4-20-13(2,3)8-15-21(18,19)11-7-9(12(16)17)5-6-10(11)14/h5-7,15H,4,8H2,1-3H3,(H,16,17). The average Bonchev–Trinajstić information content (AvgIpc) is 2.36. The maximum Gasteiger partial charge on any atom is 0.335 e. The number of carbonyl (C=O) groups is 1. The van der Waals surface area contributed by atoms with Crippen molar-refractivity contribution in [3.63, 3.8) is 0 Å². The predicted octanol–water partition coefficient (Wildman–Crippen LogP) is 2.24. The van der Waals surface area contributed by atoms with Gasteiger partial charge in [-0.3, -0.25) is 0 Å². The molecule has 21 heavy (non-hydrogen) atoms. The van der Waals surface area contributed by atoms with Crippen LogP contribution in [0.5, 0.6) is 0 Å². The van der Waals surface area contributed by atoms with Crippen molar-refractivity contribution in [3.8, 4) is 0 Å². The molecule has 1 aromatic rings. The Balaban J connectivity index is 3.03. The molecule has 1 rings (SSSR count). The van der Waals surface area contributed by atoms with Crippen LogP contribution < -0.4 is 4.72 Å². The van der Waals surface area contributed by atoms with Crippen molar-refractivity contribution in [2.24, 2.45) is 0 Å². The van der Waals surface area contributed by atoms with Gasteiger partial charge in [-0.05, 0) is 54.9 Å². The summed E-state index contributed by atoms with van der Waals surface area (Å²) in [5.74, 6) is -1.19. The zero-order valence-electron chi connectivity index (χ0n) is 12.0. The minimum atomic E-state index is -3.84. The Morgan fingerprint density at radius 1 is 1.43 bits per heavy atom. The van der Waals surface area contributed by atoms with E-state index in [-0.39, 0.29) is 17.0 Å². The van der Waals surface area contributed by atoms with Gasteiger partial charge in [0.15, 0.2) is 0 Å². The normalized spacial score (nSPS) is 12.4. The maximum absolute atomic E-state index is 12.3. The van der Waals surface area contributed by atoms with Crippen molar-refractivity contribution in [1.29, 1.82) is 0 Å². The van der Waals surface area contributed by atoms with Gasteiger partial charge in [0, 0.05) is 17.6 Å². The van der Waals surface area contributed by atoms with Crippen molar-refractivity contribution in [1.82, 2.24) is 4.72 Å². The Kier molecular flexibility index (Phi) is 5.92. The molecule has 0 spiro atoms. The molecule has 0 heterocycles. The Bertz CT molecular complexity index is 627. The Morgan fingerprint density at radius 3 is 2.57 bits per heavy atom. The molecule has 0 bridgehead atoms. The van der Waals surface area contributed by atoms with E-state index >= 15 is 0 Å². The molecule has 0 aliphatic rings. The summed E-state index contributed by atoms with van der Waals surface area (Å²) >= 11 is 3.12. The second-order valence-electron chi connectivity index (χ2n) is 4.97. The van der Waals surface area contributed by atoms with E-state index < -0.39 is 21.6 Å². The number of carboxylic acids is 1. The van der Waals surface area contributed by atoms with Gasteiger partial charge in [0.25, 0.3) is 0 Å². The number of hydrogen-bond acceptors (Lipinski definition) is 4. The first-order valence-electron chi connectivity index (χ1n) is 6.25. The molecular weight excluding hydrogens is 362 g/mol. The fourth-order valence-corrected chi connectivity index (χ4v) is 3.82. The molecule has 0 aliphatic carbocycles. The number of benzene rings is 1. The van der Waals surface area contributed by atoms with Crippen molar-refractivity contribution >= 4 is 31.9 Å². The first kappa shape index (κ1) is 18.1. The van der Waals surface area contributed by atoms with Crippen LogP contribution in [0.1, 0.15) is 31.1 Å². The molecule has 8 heteroatoms. The first-order valence-corrected chi connectivity index (χ1v) is 8.53. The number of nitrogens with one attached hydrogen (secondary N) is 1. The maximum atomic E-state index is 12.3. The van der Waals surface area contributed by atoms with Crippen LogP contribution in [0.2, 0.25) is 0 Å². The summed E-state index contributed by atoms with van der Waals surface area (Å²) in [6.07, 6.45) is 0. The van der Waals surface area contributed by atoms with Gasteiger partial charge >= 0.3 is 5.97 Å². The number of halogens is 1.